The zero-order valence-corrected chi connectivity index (χ0v) is 22.1. The summed E-state index contributed by atoms with van der Waals surface area (Å²) in [4.78, 5) is 7.43. The van der Waals surface area contributed by atoms with Crippen molar-refractivity contribution in [3.05, 3.63) is 102 Å². The average molecular weight is 508 g/mol. The van der Waals surface area contributed by atoms with Crippen molar-refractivity contribution in [1.82, 2.24) is 18.9 Å². The molecule has 0 spiro atoms. The molecule has 5 nitrogen and oxygen atoms in total. The predicted octanol–water partition coefficient (Wildman–Crippen LogP) is 6.41. The molecule has 0 aliphatic carbocycles. The molecule has 1 aliphatic rings. The fourth-order valence-electron chi connectivity index (χ4n) is 5.69. The lowest BCUT2D eigenvalue weighted by molar-refractivity contribution is 0.296. The highest BCUT2D eigenvalue weighted by molar-refractivity contribution is 5.88. The van der Waals surface area contributed by atoms with Gasteiger partial charge in [0.25, 0.3) is 0 Å². The van der Waals surface area contributed by atoms with Crippen molar-refractivity contribution in [3.8, 4) is 11.4 Å². The maximum Gasteiger partial charge on any atom is 0.138 e. The highest BCUT2D eigenvalue weighted by Crippen LogP contribution is 2.33. The van der Waals surface area contributed by atoms with Gasteiger partial charge in [0.05, 0.1) is 5.69 Å². The topological polar surface area (TPSA) is 51.5 Å². The number of nitrogens with zero attached hydrogens (tertiary/aromatic N) is 4. The van der Waals surface area contributed by atoms with Gasteiger partial charge in [0.2, 0.25) is 0 Å². The number of piperidine rings is 1. The number of halogens is 1. The van der Waals surface area contributed by atoms with Crippen molar-refractivity contribution in [2.45, 2.75) is 45.7 Å². The van der Waals surface area contributed by atoms with E-state index in [-0.39, 0.29) is 11.9 Å². The number of imidazole rings is 1. The predicted molar refractivity (Wildman–Crippen MR) is 154 cm³/mol. The third-order valence-electron chi connectivity index (χ3n) is 7.91. The van der Waals surface area contributed by atoms with Crippen molar-refractivity contribution in [2.75, 3.05) is 13.1 Å². The Morgan fingerprint density at radius 1 is 1.08 bits per heavy atom. The van der Waals surface area contributed by atoms with Gasteiger partial charge >= 0.3 is 0 Å². The number of rotatable bonds is 6. The summed E-state index contributed by atoms with van der Waals surface area (Å²) in [6.07, 6.45) is 5.22. The molecule has 0 radical (unpaired) electrons. The number of benzene rings is 2. The largest absolute Gasteiger partial charge is 0.370 e. The maximum absolute atomic E-state index is 13.6. The first-order valence-corrected chi connectivity index (χ1v) is 13.5. The van der Waals surface area contributed by atoms with Gasteiger partial charge in [-0.15, -0.1) is 0 Å². The Labute approximate surface area is 223 Å². The lowest BCUT2D eigenvalue weighted by Crippen LogP contribution is -2.41. The fraction of sp³-hybridized carbons (Fsp3) is 0.281. The third-order valence-corrected chi connectivity index (χ3v) is 7.91. The highest BCUT2D eigenvalue weighted by atomic mass is 19.1. The van der Waals surface area contributed by atoms with Crippen LogP contribution in [-0.2, 0) is 13.0 Å². The Balaban J connectivity index is 1.44. The summed E-state index contributed by atoms with van der Waals surface area (Å²) in [6, 6.07) is 20.1. The lowest BCUT2D eigenvalue weighted by Gasteiger charge is -2.34. The summed E-state index contributed by atoms with van der Waals surface area (Å²) in [7, 11) is 0. The molecule has 0 bridgehead atoms. The highest BCUT2D eigenvalue weighted by Gasteiger charge is 2.21. The van der Waals surface area contributed by atoms with Gasteiger partial charge < -0.3 is 19.6 Å². The number of aromatic nitrogens is 3. The standard InChI is InChI=1S/C32H34FN5/c1-4-23-7-10-26-17-30(38(29(26)16-23)19-24-8-11-27(33)12-9-24)32-22(3)37-15-13-25(18-31(37)35-32)21(2)36-14-5-6-28(34)20-36/h7-13,15-18,28H,2,4-6,14,19-20,34H2,1,3H3. The molecule has 6 heteroatoms. The zero-order chi connectivity index (χ0) is 26.4. The van der Waals surface area contributed by atoms with Gasteiger partial charge in [0.15, 0.2) is 0 Å². The van der Waals surface area contributed by atoms with E-state index in [0.717, 1.165) is 77.4 Å². The maximum atomic E-state index is 13.6. The summed E-state index contributed by atoms with van der Waals surface area (Å²) in [5.74, 6) is -0.222. The molecular weight excluding hydrogens is 473 g/mol. The molecule has 0 saturated carbocycles. The molecule has 1 unspecified atom stereocenters. The van der Waals surface area contributed by atoms with Crippen LogP contribution in [0.25, 0.3) is 33.6 Å². The molecule has 194 valence electrons. The minimum absolute atomic E-state index is 0.195. The molecule has 38 heavy (non-hydrogen) atoms. The Morgan fingerprint density at radius 3 is 2.63 bits per heavy atom. The van der Waals surface area contributed by atoms with E-state index < -0.39 is 0 Å². The minimum atomic E-state index is -0.222. The van der Waals surface area contributed by atoms with Gasteiger partial charge in [-0.05, 0) is 73.7 Å². The van der Waals surface area contributed by atoms with Gasteiger partial charge in [0, 0.05) is 59.7 Å². The van der Waals surface area contributed by atoms with Crippen LogP contribution >= 0.6 is 0 Å². The number of fused-ring (bicyclic) bond motifs is 2. The van der Waals surface area contributed by atoms with Crippen LogP contribution in [0.4, 0.5) is 4.39 Å². The van der Waals surface area contributed by atoms with Crippen LogP contribution in [0.1, 0.15) is 42.1 Å². The van der Waals surface area contributed by atoms with Crippen LogP contribution in [0.2, 0.25) is 0 Å². The van der Waals surface area contributed by atoms with E-state index in [1.807, 2.05) is 12.1 Å². The lowest BCUT2D eigenvalue weighted by atomic mass is 10.0. The second-order valence-corrected chi connectivity index (χ2v) is 10.5. The monoisotopic (exact) mass is 507 g/mol. The molecular formula is C32H34FN5. The van der Waals surface area contributed by atoms with Crippen LogP contribution in [0, 0.1) is 12.7 Å². The van der Waals surface area contributed by atoms with Gasteiger partial charge in [0.1, 0.15) is 17.2 Å². The molecule has 1 atom stereocenters. The SMILES string of the molecule is C=C(c1ccn2c(C)c(-c3cc4ccc(CC)cc4n3Cc3ccc(F)cc3)nc2c1)N1CCCC(N)C1. The van der Waals surface area contributed by atoms with Crippen LogP contribution in [0.15, 0.2) is 73.4 Å². The third kappa shape index (κ3) is 4.39. The van der Waals surface area contributed by atoms with E-state index >= 15 is 0 Å². The first-order valence-electron chi connectivity index (χ1n) is 13.5. The van der Waals surface area contributed by atoms with E-state index in [1.54, 1.807) is 0 Å². The molecule has 4 heterocycles. The van der Waals surface area contributed by atoms with Gasteiger partial charge in [-0.2, -0.15) is 0 Å². The number of hydrogen-bond acceptors (Lipinski definition) is 3. The quantitative estimate of drug-likeness (QED) is 0.289. The van der Waals surface area contributed by atoms with Crippen molar-refractivity contribution < 1.29 is 4.39 Å². The first kappa shape index (κ1) is 24.4. The molecule has 6 rings (SSSR count). The summed E-state index contributed by atoms with van der Waals surface area (Å²) in [6.45, 7) is 11.1. The minimum Gasteiger partial charge on any atom is -0.370 e. The Kier molecular flexibility index (Phi) is 6.28. The number of likely N-dealkylation sites (tertiary alicyclic amines) is 1. The number of pyridine rings is 1. The molecule has 5 aromatic rings. The Bertz CT molecular complexity index is 1640. The normalized spacial score (nSPS) is 16.0. The zero-order valence-electron chi connectivity index (χ0n) is 22.1. The van der Waals surface area contributed by atoms with Crippen LogP contribution in [0.5, 0.6) is 0 Å². The molecule has 2 aromatic carbocycles. The van der Waals surface area contributed by atoms with Crippen LogP contribution < -0.4 is 5.73 Å². The summed E-state index contributed by atoms with van der Waals surface area (Å²) < 4.78 is 18.1. The van der Waals surface area contributed by atoms with E-state index in [0.29, 0.717) is 6.54 Å². The smallest absolute Gasteiger partial charge is 0.138 e. The summed E-state index contributed by atoms with van der Waals surface area (Å²) in [5, 5.41) is 1.17. The molecule has 1 fully saturated rings. The molecule has 2 N–H and O–H groups in total. The number of aryl methyl sites for hydroxylation is 2. The number of nitrogens with two attached hydrogens (primary N) is 1. The molecule has 1 saturated heterocycles. The van der Waals surface area contributed by atoms with Crippen molar-refractivity contribution in [2.24, 2.45) is 5.73 Å². The van der Waals surface area contributed by atoms with E-state index in [4.69, 9.17) is 10.7 Å². The number of hydrogen-bond donors (Lipinski definition) is 1. The molecule has 3 aromatic heterocycles. The van der Waals surface area contributed by atoms with Crippen LogP contribution in [0.3, 0.4) is 0 Å². The molecule has 0 amide bonds. The molecule has 1 aliphatic heterocycles. The second-order valence-electron chi connectivity index (χ2n) is 10.5. The Morgan fingerprint density at radius 2 is 1.87 bits per heavy atom. The van der Waals surface area contributed by atoms with Gasteiger partial charge in [-0.3, -0.25) is 0 Å². The van der Waals surface area contributed by atoms with Crippen molar-refractivity contribution in [1.29, 1.82) is 0 Å². The van der Waals surface area contributed by atoms with E-state index in [1.165, 1.54) is 23.1 Å². The van der Waals surface area contributed by atoms with Gasteiger partial charge in [-0.25, -0.2) is 9.37 Å². The van der Waals surface area contributed by atoms with Crippen molar-refractivity contribution >= 4 is 22.2 Å². The van der Waals surface area contributed by atoms with E-state index in [9.17, 15) is 4.39 Å². The van der Waals surface area contributed by atoms with Gasteiger partial charge in [-0.1, -0.05) is 37.8 Å². The fourth-order valence-corrected chi connectivity index (χ4v) is 5.69. The van der Waals surface area contributed by atoms with Crippen LogP contribution in [-0.4, -0.2) is 38.0 Å². The second kappa shape index (κ2) is 9.76. The van der Waals surface area contributed by atoms with E-state index in [2.05, 4.69) is 76.9 Å². The average Bonchev–Trinajstić information content (AvgIpc) is 3.45. The summed E-state index contributed by atoms with van der Waals surface area (Å²) >= 11 is 0. The Hall–Kier alpha value is -3.90. The summed E-state index contributed by atoms with van der Waals surface area (Å²) in [5.41, 5.74) is 15.8. The first-order chi connectivity index (χ1) is 18.4. The van der Waals surface area contributed by atoms with Crippen molar-refractivity contribution in [3.63, 3.8) is 0 Å².